The van der Waals surface area contributed by atoms with Gasteiger partial charge in [-0.1, -0.05) is 37.3 Å². The molecule has 16 heavy (non-hydrogen) atoms. The van der Waals surface area contributed by atoms with Gasteiger partial charge in [0.2, 0.25) is 0 Å². The van der Waals surface area contributed by atoms with Crippen molar-refractivity contribution in [3.05, 3.63) is 23.4 Å². The van der Waals surface area contributed by atoms with Crippen LogP contribution in [-0.4, -0.2) is 19.6 Å². The number of hydrogen-bond acceptors (Lipinski definition) is 3. The van der Waals surface area contributed by atoms with Crippen LogP contribution in [0.4, 0.5) is 0 Å². The van der Waals surface area contributed by atoms with Crippen molar-refractivity contribution >= 4 is 17.2 Å². The minimum absolute atomic E-state index is 0.593. The third-order valence-electron chi connectivity index (χ3n) is 3.29. The van der Waals surface area contributed by atoms with E-state index in [0.29, 0.717) is 5.15 Å². The van der Waals surface area contributed by atoms with E-state index >= 15 is 0 Å². The molecule has 4 nitrogen and oxygen atoms in total. The fourth-order valence-corrected chi connectivity index (χ4v) is 2.72. The number of halogens is 1. The Morgan fingerprint density at radius 3 is 2.88 bits per heavy atom. The largest absolute Gasteiger partial charge is 0.266 e. The van der Waals surface area contributed by atoms with Gasteiger partial charge in [-0.3, -0.25) is 9.38 Å². The molecule has 0 atom stereocenters. The van der Waals surface area contributed by atoms with Gasteiger partial charge in [-0.25, -0.2) is 0 Å². The zero-order valence-electron chi connectivity index (χ0n) is 8.93. The van der Waals surface area contributed by atoms with Crippen molar-refractivity contribution in [3.63, 3.8) is 0 Å². The summed E-state index contributed by atoms with van der Waals surface area (Å²) in [5.74, 6) is 1.71. The van der Waals surface area contributed by atoms with Crippen molar-refractivity contribution in [1.82, 2.24) is 19.6 Å². The van der Waals surface area contributed by atoms with Crippen molar-refractivity contribution in [2.45, 2.75) is 32.1 Å². The minimum Gasteiger partial charge on any atom is -0.266 e. The normalized spacial score (nSPS) is 17.3. The molecule has 84 valence electrons. The van der Waals surface area contributed by atoms with Crippen molar-refractivity contribution in [3.8, 4) is 0 Å². The lowest BCUT2D eigenvalue weighted by Crippen LogP contribution is -2.04. The highest BCUT2D eigenvalue weighted by atomic mass is 35.5. The van der Waals surface area contributed by atoms with Crippen LogP contribution in [0.2, 0.25) is 5.15 Å². The SMILES string of the molecule is Clc1cncc2nnc(CC3CCCC3)n12. The van der Waals surface area contributed by atoms with Gasteiger partial charge in [0.05, 0.1) is 12.4 Å². The first-order chi connectivity index (χ1) is 7.84. The average molecular weight is 237 g/mol. The Bertz CT molecular complexity index is 502. The summed E-state index contributed by atoms with van der Waals surface area (Å²) >= 11 is 6.11. The molecule has 0 saturated heterocycles. The molecule has 0 aromatic carbocycles. The molecule has 1 aliphatic rings. The second kappa shape index (κ2) is 4.01. The first kappa shape index (κ1) is 10.0. The summed E-state index contributed by atoms with van der Waals surface area (Å²) in [7, 11) is 0. The van der Waals surface area contributed by atoms with Crippen LogP contribution in [-0.2, 0) is 6.42 Å². The molecular weight excluding hydrogens is 224 g/mol. The number of fused-ring (bicyclic) bond motifs is 1. The van der Waals surface area contributed by atoms with E-state index < -0.39 is 0 Å². The predicted octanol–water partition coefficient (Wildman–Crippen LogP) is 2.51. The van der Waals surface area contributed by atoms with Crippen molar-refractivity contribution in [1.29, 1.82) is 0 Å². The summed E-state index contributed by atoms with van der Waals surface area (Å²) in [5, 5.41) is 8.89. The zero-order chi connectivity index (χ0) is 11.0. The van der Waals surface area contributed by atoms with Crippen LogP contribution in [0.1, 0.15) is 31.5 Å². The van der Waals surface area contributed by atoms with Crippen LogP contribution < -0.4 is 0 Å². The molecule has 0 unspecified atom stereocenters. The van der Waals surface area contributed by atoms with Gasteiger partial charge in [-0.2, -0.15) is 0 Å². The van der Waals surface area contributed by atoms with Crippen LogP contribution in [0.5, 0.6) is 0 Å². The maximum Gasteiger partial charge on any atom is 0.180 e. The van der Waals surface area contributed by atoms with Crippen LogP contribution in [0.3, 0.4) is 0 Å². The zero-order valence-corrected chi connectivity index (χ0v) is 9.69. The molecule has 0 amide bonds. The molecular formula is C11H13ClN4. The molecule has 2 heterocycles. The van der Waals surface area contributed by atoms with Gasteiger partial charge in [0.1, 0.15) is 11.0 Å². The Hall–Kier alpha value is -1.16. The van der Waals surface area contributed by atoms with Crippen LogP contribution in [0, 0.1) is 5.92 Å². The van der Waals surface area contributed by atoms with E-state index in [9.17, 15) is 0 Å². The number of hydrogen-bond donors (Lipinski definition) is 0. The summed E-state index contributed by atoms with van der Waals surface area (Å²) in [4.78, 5) is 4.00. The van der Waals surface area contributed by atoms with E-state index in [-0.39, 0.29) is 0 Å². The molecule has 0 radical (unpaired) electrons. The number of nitrogens with zero attached hydrogens (tertiary/aromatic N) is 4. The summed E-state index contributed by atoms with van der Waals surface area (Å²) < 4.78 is 1.90. The van der Waals surface area contributed by atoms with Gasteiger partial charge >= 0.3 is 0 Å². The molecule has 0 spiro atoms. The van der Waals surface area contributed by atoms with Crippen LogP contribution >= 0.6 is 11.6 Å². The molecule has 1 saturated carbocycles. The number of rotatable bonds is 2. The molecule has 0 aliphatic heterocycles. The van der Waals surface area contributed by atoms with Gasteiger partial charge < -0.3 is 0 Å². The Morgan fingerprint density at radius 2 is 2.06 bits per heavy atom. The summed E-state index contributed by atoms with van der Waals surface area (Å²) in [6.45, 7) is 0. The van der Waals surface area contributed by atoms with E-state index in [1.165, 1.54) is 25.7 Å². The van der Waals surface area contributed by atoms with E-state index in [1.54, 1.807) is 12.4 Å². The third kappa shape index (κ3) is 1.67. The lowest BCUT2D eigenvalue weighted by atomic mass is 10.0. The summed E-state index contributed by atoms with van der Waals surface area (Å²) in [5.41, 5.74) is 0.737. The fraction of sp³-hybridized carbons (Fsp3) is 0.545. The summed E-state index contributed by atoms with van der Waals surface area (Å²) in [6, 6.07) is 0. The quantitative estimate of drug-likeness (QED) is 0.805. The molecule has 0 N–H and O–H groups in total. The van der Waals surface area contributed by atoms with Gasteiger partial charge in [-0.05, 0) is 5.92 Å². The monoisotopic (exact) mass is 236 g/mol. The van der Waals surface area contributed by atoms with E-state index in [0.717, 1.165) is 23.8 Å². The predicted molar refractivity (Wildman–Crippen MR) is 61.5 cm³/mol. The molecule has 2 aromatic heterocycles. The second-order valence-electron chi connectivity index (χ2n) is 4.39. The van der Waals surface area contributed by atoms with E-state index in [2.05, 4.69) is 15.2 Å². The van der Waals surface area contributed by atoms with E-state index in [4.69, 9.17) is 11.6 Å². The molecule has 1 fully saturated rings. The van der Waals surface area contributed by atoms with Crippen molar-refractivity contribution in [2.24, 2.45) is 5.92 Å². The molecule has 0 bridgehead atoms. The maximum atomic E-state index is 6.11. The van der Waals surface area contributed by atoms with Crippen molar-refractivity contribution < 1.29 is 0 Å². The molecule has 1 aliphatic carbocycles. The van der Waals surface area contributed by atoms with Crippen LogP contribution in [0.15, 0.2) is 12.4 Å². The highest BCUT2D eigenvalue weighted by molar-refractivity contribution is 6.29. The standard InChI is InChI=1S/C11H13ClN4/c12-9-6-13-7-11-15-14-10(16(9)11)5-8-3-1-2-4-8/h6-8H,1-5H2. The smallest absolute Gasteiger partial charge is 0.180 e. The van der Waals surface area contributed by atoms with E-state index in [1.807, 2.05) is 4.40 Å². The second-order valence-corrected chi connectivity index (χ2v) is 4.78. The molecule has 2 aromatic rings. The highest BCUT2D eigenvalue weighted by Crippen LogP contribution is 2.28. The fourth-order valence-electron chi connectivity index (χ4n) is 2.47. The van der Waals surface area contributed by atoms with Gasteiger partial charge in [-0.15, -0.1) is 10.2 Å². The Labute approximate surface area is 98.7 Å². The lowest BCUT2D eigenvalue weighted by molar-refractivity contribution is 0.527. The van der Waals surface area contributed by atoms with Gasteiger partial charge in [0.15, 0.2) is 5.65 Å². The number of aromatic nitrogens is 4. The first-order valence-electron chi connectivity index (χ1n) is 5.68. The Morgan fingerprint density at radius 1 is 1.25 bits per heavy atom. The molecule has 3 rings (SSSR count). The lowest BCUT2D eigenvalue weighted by Gasteiger charge is -2.07. The van der Waals surface area contributed by atoms with Gasteiger partial charge in [0, 0.05) is 6.42 Å². The maximum absolute atomic E-state index is 6.11. The van der Waals surface area contributed by atoms with Crippen LogP contribution in [0.25, 0.3) is 5.65 Å². The Kier molecular flexibility index (Phi) is 2.52. The Balaban J connectivity index is 1.97. The summed E-state index contributed by atoms with van der Waals surface area (Å²) in [6.07, 6.45) is 9.60. The third-order valence-corrected chi connectivity index (χ3v) is 3.55. The highest BCUT2D eigenvalue weighted by Gasteiger charge is 2.19. The van der Waals surface area contributed by atoms with Gasteiger partial charge in [0.25, 0.3) is 0 Å². The average Bonchev–Trinajstić information content (AvgIpc) is 2.90. The minimum atomic E-state index is 0.593. The first-order valence-corrected chi connectivity index (χ1v) is 6.06. The topological polar surface area (TPSA) is 43.1 Å². The molecule has 5 heteroatoms. The van der Waals surface area contributed by atoms with Crippen molar-refractivity contribution in [2.75, 3.05) is 0 Å².